The van der Waals surface area contributed by atoms with Crippen LogP contribution in [-0.2, 0) is 19.2 Å². The maximum Gasteiger partial charge on any atom is 0.349 e. The van der Waals surface area contributed by atoms with Crippen LogP contribution in [0.15, 0.2) is 20.7 Å². The van der Waals surface area contributed by atoms with Gasteiger partial charge in [0.25, 0.3) is 0 Å². The minimum absolute atomic E-state index is 0.129. The van der Waals surface area contributed by atoms with Gasteiger partial charge in [-0.25, -0.2) is 20.4 Å². The van der Waals surface area contributed by atoms with Crippen molar-refractivity contribution in [2.45, 2.75) is 76.5 Å². The number of azide groups is 4. The minimum atomic E-state index is -1.08. The maximum atomic E-state index is 10.3. The van der Waals surface area contributed by atoms with E-state index in [1.807, 2.05) is 12.3 Å². The molecule has 4 atom stereocenters. The molecule has 24 heteroatoms. The van der Waals surface area contributed by atoms with Crippen LogP contribution in [0.2, 0.25) is 0 Å². The molecule has 0 aliphatic heterocycles. The second-order valence-corrected chi connectivity index (χ2v) is 7.46. The normalized spacial score (nSPS) is 11.5. The van der Waals surface area contributed by atoms with Crippen LogP contribution in [0.1, 0.15) is 52.4 Å². The molecule has 0 radical (unpaired) electrons. The number of nitrogens with zero attached hydrogens (tertiary/aromatic N) is 12. The van der Waals surface area contributed by atoms with Crippen molar-refractivity contribution in [2.75, 3.05) is 13.1 Å². The first-order valence-corrected chi connectivity index (χ1v) is 11.8. The van der Waals surface area contributed by atoms with Crippen LogP contribution in [0.3, 0.4) is 0 Å². The third kappa shape index (κ3) is 34.6. The third-order valence-corrected chi connectivity index (χ3v) is 4.12. The summed E-state index contributed by atoms with van der Waals surface area (Å²) in [5.74, 6) is -4.12. The van der Waals surface area contributed by atoms with Gasteiger partial charge in [0.2, 0.25) is 0 Å². The van der Waals surface area contributed by atoms with E-state index in [0.717, 1.165) is 6.42 Å². The highest BCUT2D eigenvalue weighted by Crippen LogP contribution is 1.99. The second-order valence-electron chi connectivity index (χ2n) is 7.46. The van der Waals surface area contributed by atoms with Gasteiger partial charge in [0.1, 0.15) is 12.1 Å². The first-order valence-electron chi connectivity index (χ1n) is 11.8. The smallest absolute Gasteiger partial charge is 0.349 e. The number of aliphatic carboxylic acids is 4. The lowest BCUT2D eigenvalue weighted by Gasteiger charge is -2.04. The Bertz CT molecular complexity index is 988. The fourth-order valence-electron chi connectivity index (χ4n) is 1.88. The molecule has 0 aliphatic rings. The Kier molecular flexibility index (Phi) is 33.1. The summed E-state index contributed by atoms with van der Waals surface area (Å²) in [6.07, 6.45) is 3.15. The van der Waals surface area contributed by atoms with E-state index < -0.39 is 48.0 Å². The predicted octanol–water partition coefficient (Wildman–Crippen LogP) is 2.31. The molecule has 236 valence electrons. The highest BCUT2D eigenvalue weighted by atomic mass is 16.4. The van der Waals surface area contributed by atoms with Gasteiger partial charge < -0.3 is 31.9 Å². The molecular formula is C18H36N16O8. The molecule has 0 fully saturated rings. The van der Waals surface area contributed by atoms with Gasteiger partial charge in [0, 0.05) is 22.9 Å². The average molecular weight is 605 g/mol. The van der Waals surface area contributed by atoms with E-state index in [1.165, 1.54) is 6.92 Å². The number of hydrogen-bond acceptors (Lipinski definition) is 10. The summed E-state index contributed by atoms with van der Waals surface area (Å²) < 4.78 is 0. The summed E-state index contributed by atoms with van der Waals surface area (Å²) in [6.45, 7) is 3.76. The van der Waals surface area contributed by atoms with Crippen LogP contribution >= 0.6 is 0 Å². The van der Waals surface area contributed by atoms with Gasteiger partial charge in [-0.2, -0.15) is 9.82 Å². The van der Waals surface area contributed by atoms with E-state index in [2.05, 4.69) is 45.7 Å². The van der Waals surface area contributed by atoms with E-state index in [-0.39, 0.29) is 13.0 Å². The quantitative estimate of drug-likeness (QED) is 0.0367. The Balaban J connectivity index is -0.000000230. The molecule has 0 heterocycles. The minimum Gasteiger partial charge on any atom is -0.480 e. The van der Waals surface area contributed by atoms with Gasteiger partial charge >= 0.3 is 23.9 Å². The molecule has 0 saturated heterocycles. The Labute approximate surface area is 238 Å². The Morgan fingerprint density at radius 3 is 1.57 bits per heavy atom. The molecule has 42 heavy (non-hydrogen) atoms. The number of rotatable bonds is 18. The molecule has 0 rings (SSSR count). The molecule has 0 spiro atoms. The summed E-state index contributed by atoms with van der Waals surface area (Å²) in [4.78, 5) is 50.3. The lowest BCUT2D eigenvalue weighted by molar-refractivity contribution is -0.140. The number of nitrogens with two attached hydrogens (primary N) is 2. The molecule has 24 nitrogen and oxygen atoms in total. The molecule has 0 aliphatic carbocycles. The average Bonchev–Trinajstić information content (AvgIpc) is 2.94. The SMILES string of the molecule is CCC[C@H](NN=[N+]=[N-])C(=O)O.C[C@H](NN=[N+]=[N-])C(=O)O.[N-]=[N+]=NCCCC[C@H](N)C(=O)O.[N-]=[N+]=NCC[C@H](N)C(=O)O. The maximum absolute atomic E-state index is 10.3. The molecule has 0 aromatic rings. The monoisotopic (exact) mass is 604 g/mol. The highest BCUT2D eigenvalue weighted by molar-refractivity contribution is 5.74. The van der Waals surface area contributed by atoms with Gasteiger partial charge in [-0.05, 0) is 54.1 Å². The van der Waals surface area contributed by atoms with Crippen LogP contribution in [0, 0.1) is 0 Å². The van der Waals surface area contributed by atoms with Crippen LogP contribution in [0.5, 0.6) is 0 Å². The molecule has 10 N–H and O–H groups in total. The standard InChI is InChI=1S/C6H12N4O2.C5H10N4O2.C4H8N4O2.C3H6N4O2/c7-5(6(11)12)3-1-2-4-9-10-8;1-2-3-4(5(10)11)7-9-8-6;5-3(4(9)10)1-2-7-8-6;1-2(3(8)9)5-7-6-4/h5H,1-4,7H2,(H,11,12);4,7H,2-3H2,1H3,(H,10,11);3H,1-2,5H2,(H,9,10);2,5H,1H3,(H,8,9)/t5-;4-;3-;2-/m0000/s1. The van der Waals surface area contributed by atoms with Crippen LogP contribution in [-0.4, -0.2) is 81.6 Å². The fraction of sp³-hybridized carbons (Fsp3) is 0.778. The highest BCUT2D eigenvalue weighted by Gasteiger charge is 2.17. The number of unbranched alkanes of at least 4 members (excludes halogenated alkanes) is 1. The number of hydrogen-bond donors (Lipinski definition) is 8. The summed E-state index contributed by atoms with van der Waals surface area (Å²) in [5.41, 5.74) is 45.8. The van der Waals surface area contributed by atoms with Gasteiger partial charge in [0.15, 0.2) is 12.1 Å². The molecular weight excluding hydrogens is 568 g/mol. The summed E-state index contributed by atoms with van der Waals surface area (Å²) in [7, 11) is 0. The molecule has 0 saturated carbocycles. The van der Waals surface area contributed by atoms with Crippen molar-refractivity contribution >= 4 is 23.9 Å². The Morgan fingerprint density at radius 2 is 1.17 bits per heavy atom. The van der Waals surface area contributed by atoms with Crippen LogP contribution in [0.4, 0.5) is 0 Å². The largest absolute Gasteiger partial charge is 0.480 e. The van der Waals surface area contributed by atoms with Crippen molar-refractivity contribution < 1.29 is 39.6 Å². The van der Waals surface area contributed by atoms with Crippen LogP contribution in [0.25, 0.3) is 41.8 Å². The van der Waals surface area contributed by atoms with Crippen molar-refractivity contribution in [3.05, 3.63) is 41.8 Å². The van der Waals surface area contributed by atoms with E-state index in [0.29, 0.717) is 32.2 Å². The zero-order chi connectivity index (χ0) is 33.3. The fourth-order valence-corrected chi connectivity index (χ4v) is 1.88. The van der Waals surface area contributed by atoms with Gasteiger partial charge in [-0.3, -0.25) is 9.59 Å². The zero-order valence-corrected chi connectivity index (χ0v) is 22.9. The number of carbonyl (C=O) groups is 4. The first kappa shape index (κ1) is 43.7. The number of carboxylic acid groups (broad SMARTS) is 4. The molecule has 0 amide bonds. The second kappa shape index (κ2) is 31.9. The molecule has 0 aromatic carbocycles. The predicted molar refractivity (Wildman–Crippen MR) is 146 cm³/mol. The van der Waals surface area contributed by atoms with Crippen molar-refractivity contribution in [1.29, 1.82) is 0 Å². The number of carboxylic acids is 4. The van der Waals surface area contributed by atoms with Gasteiger partial charge in [-0.15, -0.1) is 11.1 Å². The van der Waals surface area contributed by atoms with E-state index in [4.69, 9.17) is 54.0 Å². The van der Waals surface area contributed by atoms with Crippen molar-refractivity contribution in [3.63, 3.8) is 0 Å². The topological polar surface area (TPSA) is 420 Å². The summed E-state index contributed by atoms with van der Waals surface area (Å²) in [6, 6.07) is -3.32. The Morgan fingerprint density at radius 1 is 0.690 bits per heavy atom. The first-order chi connectivity index (χ1) is 19.8. The van der Waals surface area contributed by atoms with Gasteiger partial charge in [-0.1, -0.05) is 30.0 Å². The molecule has 0 aromatic heterocycles. The lowest BCUT2D eigenvalue weighted by Crippen LogP contribution is -2.32. The van der Waals surface area contributed by atoms with E-state index >= 15 is 0 Å². The zero-order valence-electron chi connectivity index (χ0n) is 22.9. The molecule has 0 unspecified atom stereocenters. The van der Waals surface area contributed by atoms with Crippen molar-refractivity contribution in [3.8, 4) is 0 Å². The lowest BCUT2D eigenvalue weighted by atomic mass is 10.1. The Hall–Kier alpha value is -5.36. The third-order valence-electron chi connectivity index (χ3n) is 4.12. The number of nitrogens with one attached hydrogen (secondary N) is 2. The van der Waals surface area contributed by atoms with E-state index in [9.17, 15) is 19.2 Å². The van der Waals surface area contributed by atoms with Gasteiger partial charge in [0.05, 0.1) is 0 Å². The van der Waals surface area contributed by atoms with Crippen molar-refractivity contribution in [2.24, 2.45) is 32.1 Å². The summed E-state index contributed by atoms with van der Waals surface area (Å²) >= 11 is 0. The van der Waals surface area contributed by atoms with E-state index in [1.54, 1.807) is 0 Å². The molecule has 0 bridgehead atoms. The summed E-state index contributed by atoms with van der Waals surface area (Å²) in [5, 5.41) is 45.5. The van der Waals surface area contributed by atoms with Crippen molar-refractivity contribution in [1.82, 2.24) is 10.9 Å². The van der Waals surface area contributed by atoms with Crippen LogP contribution < -0.4 is 22.3 Å².